The van der Waals surface area contributed by atoms with Gasteiger partial charge in [0.15, 0.2) is 11.5 Å². The van der Waals surface area contributed by atoms with Crippen molar-refractivity contribution in [2.24, 2.45) is 16.5 Å². The monoisotopic (exact) mass is 476 g/mol. The minimum atomic E-state index is -4.62. The van der Waals surface area contributed by atoms with Crippen LogP contribution < -0.4 is 21.9 Å². The van der Waals surface area contributed by atoms with Crippen molar-refractivity contribution < 1.29 is 13.2 Å². The molecule has 5 N–H and O–H groups in total. The standard InChI is InChI=1S/C22H27F3N8O/c1-2-15-13-29-19(31-21(15)34)12-16(27)14-32-8-10-33(11-9-32)17-4-5-18(28-7-3-6-26)30-20(17)22(23,24)25/h3-7,12-13H,2,8-11,14,26-27H2,1H3,(H,29,31,34)/b6-3-,16-12-,28-7?. The summed E-state index contributed by atoms with van der Waals surface area (Å²) >= 11 is 0. The maximum absolute atomic E-state index is 13.7. The molecule has 0 amide bonds. The number of alkyl halides is 3. The fourth-order valence-corrected chi connectivity index (χ4v) is 3.53. The van der Waals surface area contributed by atoms with Crippen LogP contribution in [0.15, 0.2) is 46.1 Å². The van der Waals surface area contributed by atoms with Gasteiger partial charge in [0.05, 0.1) is 5.69 Å². The number of allylic oxidation sites excluding steroid dienone is 1. The molecule has 9 nitrogen and oxygen atoms in total. The number of nitrogens with one attached hydrogen (secondary N) is 1. The number of nitrogens with two attached hydrogens (primary N) is 2. The lowest BCUT2D eigenvalue weighted by Gasteiger charge is -2.36. The molecule has 1 saturated heterocycles. The predicted molar refractivity (Wildman–Crippen MR) is 126 cm³/mol. The molecular formula is C22H27F3N8O. The maximum Gasteiger partial charge on any atom is 0.435 e. The van der Waals surface area contributed by atoms with Crippen LogP contribution in [0.25, 0.3) is 6.08 Å². The summed E-state index contributed by atoms with van der Waals surface area (Å²) in [4.78, 5) is 30.0. The Bertz CT molecular complexity index is 1130. The lowest BCUT2D eigenvalue weighted by molar-refractivity contribution is -0.140. The Morgan fingerprint density at radius 2 is 2.00 bits per heavy atom. The van der Waals surface area contributed by atoms with Crippen molar-refractivity contribution in [3.05, 3.63) is 63.7 Å². The number of nitrogens with zero attached hydrogens (tertiary/aromatic N) is 5. The third-order valence-electron chi connectivity index (χ3n) is 5.25. The molecule has 0 atom stereocenters. The van der Waals surface area contributed by atoms with Crippen LogP contribution in [-0.4, -0.2) is 58.8 Å². The smallest absolute Gasteiger partial charge is 0.405 e. The van der Waals surface area contributed by atoms with Gasteiger partial charge in [-0.05, 0) is 30.8 Å². The van der Waals surface area contributed by atoms with Gasteiger partial charge >= 0.3 is 6.18 Å². The lowest BCUT2D eigenvalue weighted by Crippen LogP contribution is -2.48. The normalized spacial score (nSPS) is 16.1. The van der Waals surface area contributed by atoms with E-state index >= 15 is 0 Å². The van der Waals surface area contributed by atoms with Crippen LogP contribution in [0.3, 0.4) is 0 Å². The van der Waals surface area contributed by atoms with Crippen LogP contribution in [-0.2, 0) is 12.6 Å². The highest BCUT2D eigenvalue weighted by Crippen LogP contribution is 2.36. The third-order valence-corrected chi connectivity index (χ3v) is 5.25. The summed E-state index contributed by atoms with van der Waals surface area (Å²) in [5.41, 5.74) is 11.2. The van der Waals surface area contributed by atoms with Crippen LogP contribution >= 0.6 is 0 Å². The third kappa shape index (κ3) is 6.44. The number of aryl methyl sites for hydroxylation is 1. The van der Waals surface area contributed by atoms with Crippen molar-refractivity contribution in [3.63, 3.8) is 0 Å². The number of halogens is 3. The fourth-order valence-electron chi connectivity index (χ4n) is 3.53. The van der Waals surface area contributed by atoms with E-state index in [1.807, 2.05) is 11.8 Å². The number of hydrogen-bond donors (Lipinski definition) is 3. The molecule has 0 radical (unpaired) electrons. The number of aromatic amines is 1. The van der Waals surface area contributed by atoms with Crippen molar-refractivity contribution in [2.45, 2.75) is 19.5 Å². The molecule has 0 aliphatic carbocycles. The second-order valence-corrected chi connectivity index (χ2v) is 7.66. The van der Waals surface area contributed by atoms with Gasteiger partial charge in [-0.1, -0.05) is 6.92 Å². The van der Waals surface area contributed by atoms with E-state index in [1.54, 1.807) is 11.0 Å². The number of piperazine rings is 1. The number of aromatic nitrogens is 3. The Morgan fingerprint density at radius 1 is 1.26 bits per heavy atom. The Balaban J connectivity index is 1.67. The SMILES string of the molecule is CCc1cnc(/C=C(\N)CN2CCN(c3ccc(N=C/C=C\N)nc3C(F)(F)F)CC2)[nH]c1=O. The summed E-state index contributed by atoms with van der Waals surface area (Å²) < 4.78 is 41.0. The summed E-state index contributed by atoms with van der Waals surface area (Å²) in [6.07, 6.45) is 2.98. The van der Waals surface area contributed by atoms with Crippen LogP contribution in [0.5, 0.6) is 0 Å². The van der Waals surface area contributed by atoms with Gasteiger partial charge in [-0.2, -0.15) is 13.2 Å². The van der Waals surface area contributed by atoms with Crippen molar-refractivity contribution in [1.82, 2.24) is 19.9 Å². The fraction of sp³-hybridized carbons (Fsp3) is 0.364. The van der Waals surface area contributed by atoms with E-state index in [0.29, 0.717) is 56.2 Å². The molecular weight excluding hydrogens is 449 g/mol. The second-order valence-electron chi connectivity index (χ2n) is 7.66. The first kappa shape index (κ1) is 25.0. The molecule has 1 aliphatic rings. The average Bonchev–Trinajstić information content (AvgIpc) is 2.79. The molecule has 182 valence electrons. The first-order valence-corrected chi connectivity index (χ1v) is 10.7. The van der Waals surface area contributed by atoms with Gasteiger partial charge in [0.1, 0.15) is 5.82 Å². The highest BCUT2D eigenvalue weighted by molar-refractivity contribution is 5.73. The predicted octanol–water partition coefficient (Wildman–Crippen LogP) is 2.04. The molecule has 2 aromatic rings. The van der Waals surface area contributed by atoms with E-state index in [1.165, 1.54) is 36.8 Å². The molecule has 34 heavy (non-hydrogen) atoms. The topological polar surface area (TPSA) is 130 Å². The summed E-state index contributed by atoms with van der Waals surface area (Å²) in [6, 6.07) is 2.83. The van der Waals surface area contributed by atoms with Crippen molar-refractivity contribution in [1.29, 1.82) is 0 Å². The Morgan fingerprint density at radius 3 is 2.62 bits per heavy atom. The molecule has 0 bridgehead atoms. The average molecular weight is 477 g/mol. The van der Waals surface area contributed by atoms with Gasteiger partial charge in [-0.3, -0.25) is 9.69 Å². The number of aliphatic imine (C=N–C) groups is 1. The van der Waals surface area contributed by atoms with Crippen molar-refractivity contribution in [3.8, 4) is 0 Å². The summed E-state index contributed by atoms with van der Waals surface area (Å²) in [5.74, 6) is 0.313. The minimum absolute atomic E-state index is 0.0155. The lowest BCUT2D eigenvalue weighted by atomic mass is 10.2. The molecule has 1 aliphatic heterocycles. The Hall–Kier alpha value is -3.67. The molecule has 0 aromatic carbocycles. The molecule has 12 heteroatoms. The summed E-state index contributed by atoms with van der Waals surface area (Å²) in [5, 5.41) is 0. The summed E-state index contributed by atoms with van der Waals surface area (Å²) in [7, 11) is 0. The minimum Gasteiger partial charge on any atom is -0.405 e. The largest absolute Gasteiger partial charge is 0.435 e. The van der Waals surface area contributed by atoms with E-state index in [4.69, 9.17) is 11.5 Å². The molecule has 2 aromatic heterocycles. The number of rotatable bonds is 7. The highest BCUT2D eigenvalue weighted by atomic mass is 19.4. The zero-order valence-electron chi connectivity index (χ0n) is 18.7. The van der Waals surface area contributed by atoms with Crippen molar-refractivity contribution in [2.75, 3.05) is 37.6 Å². The maximum atomic E-state index is 13.7. The summed E-state index contributed by atoms with van der Waals surface area (Å²) in [6.45, 7) is 4.03. The molecule has 3 rings (SSSR count). The molecule has 1 fully saturated rings. The number of H-pyrrole nitrogens is 1. The quantitative estimate of drug-likeness (QED) is 0.522. The van der Waals surface area contributed by atoms with Crippen LogP contribution in [0.4, 0.5) is 24.7 Å². The van der Waals surface area contributed by atoms with Gasteiger partial charge < -0.3 is 21.4 Å². The van der Waals surface area contributed by atoms with Gasteiger partial charge in [-0.25, -0.2) is 15.0 Å². The number of pyridine rings is 1. The van der Waals surface area contributed by atoms with Gasteiger partial charge in [-0.15, -0.1) is 0 Å². The van der Waals surface area contributed by atoms with E-state index < -0.39 is 11.9 Å². The van der Waals surface area contributed by atoms with Crippen LogP contribution in [0, 0.1) is 0 Å². The van der Waals surface area contributed by atoms with E-state index in [2.05, 4.69) is 19.9 Å². The molecule has 3 heterocycles. The zero-order valence-corrected chi connectivity index (χ0v) is 18.7. The first-order chi connectivity index (χ1) is 16.2. The Labute approximate surface area is 194 Å². The molecule has 0 spiro atoms. The van der Waals surface area contributed by atoms with E-state index in [0.717, 1.165) is 0 Å². The zero-order chi connectivity index (χ0) is 24.7. The van der Waals surface area contributed by atoms with Crippen LogP contribution in [0.2, 0.25) is 0 Å². The van der Waals surface area contributed by atoms with Crippen molar-refractivity contribution >= 4 is 23.8 Å². The van der Waals surface area contributed by atoms with E-state index in [9.17, 15) is 18.0 Å². The van der Waals surface area contributed by atoms with E-state index in [-0.39, 0.29) is 17.1 Å². The highest BCUT2D eigenvalue weighted by Gasteiger charge is 2.37. The number of anilines is 1. The van der Waals surface area contributed by atoms with Gasteiger partial charge in [0.25, 0.3) is 5.56 Å². The Kier molecular flexibility index (Phi) is 8.05. The number of hydrogen-bond acceptors (Lipinski definition) is 8. The van der Waals surface area contributed by atoms with Crippen LogP contribution in [0.1, 0.15) is 24.0 Å². The molecule has 0 unspecified atom stereocenters. The second kappa shape index (κ2) is 11.0. The molecule has 0 saturated carbocycles. The van der Waals surface area contributed by atoms with Gasteiger partial charge in [0.2, 0.25) is 0 Å². The van der Waals surface area contributed by atoms with Gasteiger partial charge in [0, 0.05) is 62.5 Å². The first-order valence-electron chi connectivity index (χ1n) is 10.7.